The van der Waals surface area contributed by atoms with Crippen molar-refractivity contribution in [1.82, 2.24) is 20.2 Å². The van der Waals surface area contributed by atoms with E-state index < -0.39 is 0 Å². The summed E-state index contributed by atoms with van der Waals surface area (Å²) in [5.41, 5.74) is 2.27. The Kier molecular flexibility index (Phi) is 5.49. The number of H-pyrrole nitrogens is 1. The predicted molar refractivity (Wildman–Crippen MR) is 67.4 cm³/mol. The van der Waals surface area contributed by atoms with Crippen molar-refractivity contribution >= 4 is 0 Å². The summed E-state index contributed by atoms with van der Waals surface area (Å²) in [5.74, 6) is 0. The first kappa shape index (κ1) is 13.2. The molecule has 0 amide bonds. The lowest BCUT2D eigenvalue weighted by atomic mass is 10.2. The molecule has 0 aliphatic carbocycles. The van der Waals surface area contributed by atoms with Crippen molar-refractivity contribution in [3.05, 3.63) is 17.7 Å². The highest BCUT2D eigenvalue weighted by Gasteiger charge is 2.05. The molecular weight excluding hydrogens is 200 g/mol. The predicted octanol–water partition coefficient (Wildman–Crippen LogP) is 1.54. The van der Waals surface area contributed by atoms with E-state index in [1.165, 1.54) is 6.42 Å². The molecule has 0 radical (unpaired) electrons. The molecule has 0 bridgehead atoms. The number of likely N-dealkylation sites (N-methyl/N-ethyl adjacent to an activating group) is 1. The minimum absolute atomic E-state index is 0.661. The second-order valence-electron chi connectivity index (χ2n) is 4.39. The van der Waals surface area contributed by atoms with Crippen molar-refractivity contribution in [3.63, 3.8) is 0 Å². The summed E-state index contributed by atoms with van der Waals surface area (Å²) in [5, 5.41) is 3.41. The number of imidazole rings is 1. The standard InChI is InChI=1S/C12H24N4/c1-5-10(2)16(4)7-6-13-8-12-11(3)14-9-15-12/h9-10,13H,5-8H2,1-4H3,(H,14,15). The van der Waals surface area contributed by atoms with Gasteiger partial charge in [-0.25, -0.2) is 4.98 Å². The van der Waals surface area contributed by atoms with E-state index in [0.29, 0.717) is 6.04 Å². The second kappa shape index (κ2) is 6.66. The molecule has 4 heteroatoms. The lowest BCUT2D eigenvalue weighted by molar-refractivity contribution is 0.251. The molecule has 2 N–H and O–H groups in total. The van der Waals surface area contributed by atoms with Crippen LogP contribution >= 0.6 is 0 Å². The van der Waals surface area contributed by atoms with Crippen LogP contribution in [0.15, 0.2) is 6.33 Å². The largest absolute Gasteiger partial charge is 0.348 e. The normalized spacial score (nSPS) is 13.3. The Bertz CT molecular complexity index is 295. The summed E-state index contributed by atoms with van der Waals surface area (Å²) in [6, 6.07) is 0.661. The van der Waals surface area contributed by atoms with Crippen LogP contribution in [0.2, 0.25) is 0 Å². The average Bonchev–Trinajstić information content (AvgIpc) is 2.69. The molecule has 0 spiro atoms. The fourth-order valence-electron chi connectivity index (χ4n) is 1.56. The Hall–Kier alpha value is -0.870. The molecule has 0 aliphatic rings. The van der Waals surface area contributed by atoms with E-state index in [1.54, 1.807) is 6.33 Å². The molecular formula is C12H24N4. The van der Waals surface area contributed by atoms with Crippen molar-refractivity contribution in [2.24, 2.45) is 0 Å². The summed E-state index contributed by atoms with van der Waals surface area (Å²) in [7, 11) is 2.18. The molecule has 16 heavy (non-hydrogen) atoms. The first-order valence-electron chi connectivity index (χ1n) is 6.05. The van der Waals surface area contributed by atoms with Crippen LogP contribution in [-0.4, -0.2) is 41.0 Å². The molecule has 92 valence electrons. The number of hydrogen-bond donors (Lipinski definition) is 2. The number of aromatic nitrogens is 2. The van der Waals surface area contributed by atoms with Gasteiger partial charge in [0.2, 0.25) is 0 Å². The van der Waals surface area contributed by atoms with Crippen LogP contribution in [0.3, 0.4) is 0 Å². The molecule has 1 rings (SSSR count). The van der Waals surface area contributed by atoms with Gasteiger partial charge in [-0.15, -0.1) is 0 Å². The molecule has 0 saturated heterocycles. The highest BCUT2D eigenvalue weighted by molar-refractivity contribution is 5.07. The lowest BCUT2D eigenvalue weighted by Gasteiger charge is -2.23. The van der Waals surface area contributed by atoms with Gasteiger partial charge >= 0.3 is 0 Å². The highest BCUT2D eigenvalue weighted by Crippen LogP contribution is 2.00. The third kappa shape index (κ3) is 3.94. The number of nitrogens with zero attached hydrogens (tertiary/aromatic N) is 2. The van der Waals surface area contributed by atoms with E-state index in [4.69, 9.17) is 0 Å². The third-order valence-corrected chi connectivity index (χ3v) is 3.21. The maximum absolute atomic E-state index is 4.25. The van der Waals surface area contributed by atoms with Crippen molar-refractivity contribution < 1.29 is 0 Å². The van der Waals surface area contributed by atoms with Crippen LogP contribution < -0.4 is 5.32 Å². The van der Waals surface area contributed by atoms with E-state index in [9.17, 15) is 0 Å². The van der Waals surface area contributed by atoms with Crippen molar-refractivity contribution in [2.45, 2.75) is 39.8 Å². The second-order valence-corrected chi connectivity index (χ2v) is 4.39. The summed E-state index contributed by atoms with van der Waals surface area (Å²) in [6.45, 7) is 9.48. The molecule has 0 aliphatic heterocycles. The Morgan fingerprint density at radius 2 is 2.31 bits per heavy atom. The van der Waals surface area contributed by atoms with Gasteiger partial charge in [0.15, 0.2) is 0 Å². The van der Waals surface area contributed by atoms with E-state index in [0.717, 1.165) is 31.0 Å². The zero-order chi connectivity index (χ0) is 12.0. The minimum Gasteiger partial charge on any atom is -0.348 e. The van der Waals surface area contributed by atoms with E-state index in [2.05, 4.69) is 48.0 Å². The topological polar surface area (TPSA) is 44.0 Å². The van der Waals surface area contributed by atoms with Crippen LogP contribution in [0.5, 0.6) is 0 Å². The Morgan fingerprint density at radius 1 is 1.56 bits per heavy atom. The summed E-state index contributed by atoms with van der Waals surface area (Å²) >= 11 is 0. The molecule has 1 heterocycles. The highest BCUT2D eigenvalue weighted by atomic mass is 15.1. The van der Waals surface area contributed by atoms with E-state index in [-0.39, 0.29) is 0 Å². The maximum Gasteiger partial charge on any atom is 0.0925 e. The summed E-state index contributed by atoms with van der Waals surface area (Å²) < 4.78 is 0. The van der Waals surface area contributed by atoms with E-state index >= 15 is 0 Å². The van der Waals surface area contributed by atoms with Gasteiger partial charge in [0.05, 0.1) is 12.0 Å². The quantitative estimate of drug-likeness (QED) is 0.690. The number of nitrogens with one attached hydrogen (secondary N) is 2. The van der Waals surface area contributed by atoms with Crippen molar-refractivity contribution in [1.29, 1.82) is 0 Å². The van der Waals surface area contributed by atoms with Gasteiger partial charge in [-0.1, -0.05) is 6.92 Å². The van der Waals surface area contributed by atoms with Gasteiger partial charge in [-0.05, 0) is 27.3 Å². The average molecular weight is 224 g/mol. The Balaban J connectivity index is 2.15. The van der Waals surface area contributed by atoms with E-state index in [1.807, 2.05) is 0 Å². The van der Waals surface area contributed by atoms with Crippen molar-refractivity contribution in [2.75, 3.05) is 20.1 Å². The number of aryl methyl sites for hydroxylation is 1. The Morgan fingerprint density at radius 3 is 2.88 bits per heavy atom. The van der Waals surface area contributed by atoms with Gasteiger partial charge in [0, 0.05) is 31.4 Å². The van der Waals surface area contributed by atoms with Gasteiger partial charge < -0.3 is 15.2 Å². The van der Waals surface area contributed by atoms with Gasteiger partial charge in [0.25, 0.3) is 0 Å². The molecule has 1 aromatic rings. The molecule has 1 atom stereocenters. The molecule has 0 fully saturated rings. The van der Waals surface area contributed by atoms with Crippen molar-refractivity contribution in [3.8, 4) is 0 Å². The zero-order valence-corrected chi connectivity index (χ0v) is 10.9. The lowest BCUT2D eigenvalue weighted by Crippen LogP contribution is -2.34. The van der Waals surface area contributed by atoms with Crippen LogP contribution in [-0.2, 0) is 6.54 Å². The van der Waals surface area contributed by atoms with Crippen LogP contribution in [0, 0.1) is 6.92 Å². The molecule has 4 nitrogen and oxygen atoms in total. The Labute approximate surface area is 98.5 Å². The number of rotatable bonds is 7. The van der Waals surface area contributed by atoms with Crippen LogP contribution in [0.1, 0.15) is 31.7 Å². The first-order chi connectivity index (χ1) is 7.65. The SMILES string of the molecule is CCC(C)N(C)CCNCc1nc[nH]c1C. The fraction of sp³-hybridized carbons (Fsp3) is 0.750. The third-order valence-electron chi connectivity index (χ3n) is 3.21. The zero-order valence-electron chi connectivity index (χ0n) is 10.9. The van der Waals surface area contributed by atoms with Gasteiger partial charge in [0.1, 0.15) is 0 Å². The minimum atomic E-state index is 0.661. The molecule has 1 unspecified atom stereocenters. The van der Waals surface area contributed by atoms with Crippen LogP contribution in [0.4, 0.5) is 0 Å². The molecule has 1 aromatic heterocycles. The van der Waals surface area contributed by atoms with Crippen LogP contribution in [0.25, 0.3) is 0 Å². The molecule has 0 aromatic carbocycles. The van der Waals surface area contributed by atoms with Gasteiger partial charge in [-0.2, -0.15) is 0 Å². The summed E-state index contributed by atoms with van der Waals surface area (Å²) in [6.07, 6.45) is 2.95. The first-order valence-corrected chi connectivity index (χ1v) is 6.05. The van der Waals surface area contributed by atoms with Gasteiger partial charge in [-0.3, -0.25) is 0 Å². The maximum atomic E-state index is 4.25. The number of hydrogen-bond acceptors (Lipinski definition) is 3. The fourth-order valence-corrected chi connectivity index (χ4v) is 1.56. The number of aromatic amines is 1. The molecule has 0 saturated carbocycles. The monoisotopic (exact) mass is 224 g/mol. The summed E-state index contributed by atoms with van der Waals surface area (Å²) in [4.78, 5) is 9.72. The smallest absolute Gasteiger partial charge is 0.0925 e.